The van der Waals surface area contributed by atoms with Crippen LogP contribution in [-0.2, 0) is 14.3 Å². The molecule has 0 heterocycles. The van der Waals surface area contributed by atoms with Crippen molar-refractivity contribution in [1.29, 1.82) is 0 Å². The Kier molecular flexibility index (Phi) is 60.0. The first-order valence-electron chi connectivity index (χ1n) is 32.2. The molecular weight excluding hydrogens is 887 g/mol. The van der Waals surface area contributed by atoms with Gasteiger partial charge in [0.15, 0.2) is 0 Å². The van der Waals surface area contributed by atoms with Gasteiger partial charge < -0.3 is 20.3 Å². The summed E-state index contributed by atoms with van der Waals surface area (Å²) < 4.78 is 5.48. The van der Waals surface area contributed by atoms with Crippen molar-refractivity contribution < 1.29 is 24.5 Å². The Labute approximate surface area is 449 Å². The monoisotopic (exact) mass is 1010 g/mol. The van der Waals surface area contributed by atoms with E-state index in [1.54, 1.807) is 0 Å². The van der Waals surface area contributed by atoms with Gasteiger partial charge in [0.2, 0.25) is 5.91 Å². The highest BCUT2D eigenvalue weighted by atomic mass is 16.5. The molecule has 0 saturated carbocycles. The van der Waals surface area contributed by atoms with Crippen LogP contribution in [0.3, 0.4) is 0 Å². The number of carbonyl (C=O) groups excluding carboxylic acids is 2. The minimum atomic E-state index is -0.665. The molecule has 0 aromatic rings. The van der Waals surface area contributed by atoms with Crippen molar-refractivity contribution in [3.8, 4) is 0 Å². The summed E-state index contributed by atoms with van der Waals surface area (Å²) in [5, 5.41) is 23.3. The Balaban J connectivity index is 3.39. The highest BCUT2D eigenvalue weighted by molar-refractivity contribution is 5.76. The molecule has 6 nitrogen and oxygen atoms in total. The maximum atomic E-state index is 12.5. The Hall–Kier alpha value is -1.92. The highest BCUT2D eigenvalue weighted by Crippen LogP contribution is 2.18. The van der Waals surface area contributed by atoms with Crippen LogP contribution in [0.25, 0.3) is 0 Å². The van der Waals surface area contributed by atoms with Gasteiger partial charge >= 0.3 is 5.97 Å². The van der Waals surface area contributed by atoms with Gasteiger partial charge in [0.25, 0.3) is 0 Å². The van der Waals surface area contributed by atoms with E-state index in [9.17, 15) is 19.8 Å². The zero-order chi connectivity index (χ0) is 52.2. The topological polar surface area (TPSA) is 95.9 Å². The predicted molar refractivity (Wildman–Crippen MR) is 315 cm³/mol. The normalized spacial score (nSPS) is 12.8. The van der Waals surface area contributed by atoms with Gasteiger partial charge in [0.05, 0.1) is 25.4 Å². The number of unbranched alkanes of at least 4 members (excludes halogenated alkanes) is 43. The number of rotatable bonds is 60. The lowest BCUT2D eigenvalue weighted by atomic mass is 10.0. The zero-order valence-electron chi connectivity index (χ0n) is 48.4. The average molecular weight is 1010 g/mol. The Morgan fingerprint density at radius 1 is 0.389 bits per heavy atom. The summed E-state index contributed by atoms with van der Waals surface area (Å²) in [5.41, 5.74) is 0. The summed E-state index contributed by atoms with van der Waals surface area (Å²) in [7, 11) is 0. The lowest BCUT2D eigenvalue weighted by Crippen LogP contribution is -2.45. The third-order valence-corrected chi connectivity index (χ3v) is 14.9. The van der Waals surface area contributed by atoms with Gasteiger partial charge in [-0.1, -0.05) is 288 Å². The van der Waals surface area contributed by atoms with Gasteiger partial charge in [0, 0.05) is 12.8 Å². The molecule has 424 valence electrons. The maximum Gasteiger partial charge on any atom is 0.305 e. The van der Waals surface area contributed by atoms with Gasteiger partial charge in [0.1, 0.15) is 0 Å². The number of aliphatic hydroxyl groups excluding tert-OH is 2. The van der Waals surface area contributed by atoms with Crippen LogP contribution >= 0.6 is 0 Å². The molecule has 0 aliphatic carbocycles. The van der Waals surface area contributed by atoms with Crippen molar-refractivity contribution in [2.24, 2.45) is 0 Å². The fourth-order valence-electron chi connectivity index (χ4n) is 9.96. The van der Waals surface area contributed by atoms with E-state index in [0.29, 0.717) is 25.9 Å². The molecule has 3 N–H and O–H groups in total. The number of aliphatic hydroxyl groups is 2. The molecule has 6 heteroatoms. The van der Waals surface area contributed by atoms with E-state index in [-0.39, 0.29) is 18.5 Å². The number of hydrogen-bond acceptors (Lipinski definition) is 5. The second-order valence-corrected chi connectivity index (χ2v) is 22.1. The van der Waals surface area contributed by atoms with Crippen LogP contribution in [0.1, 0.15) is 348 Å². The van der Waals surface area contributed by atoms with E-state index in [2.05, 4.69) is 55.6 Å². The second kappa shape index (κ2) is 61.6. The number of hydrogen-bond donors (Lipinski definition) is 3. The van der Waals surface area contributed by atoms with Crippen LogP contribution in [0.2, 0.25) is 0 Å². The smallest absolute Gasteiger partial charge is 0.305 e. The molecule has 0 spiro atoms. The van der Waals surface area contributed by atoms with Crippen molar-refractivity contribution in [3.63, 3.8) is 0 Å². The molecule has 72 heavy (non-hydrogen) atoms. The summed E-state index contributed by atoms with van der Waals surface area (Å²) >= 11 is 0. The molecule has 0 aromatic heterocycles. The minimum absolute atomic E-state index is 0.000392. The van der Waals surface area contributed by atoms with E-state index in [4.69, 9.17) is 4.74 Å². The summed E-state index contributed by atoms with van der Waals surface area (Å²) in [6.45, 7) is 4.93. The molecule has 2 unspecified atom stereocenters. The molecule has 0 rings (SSSR count). The van der Waals surface area contributed by atoms with Gasteiger partial charge in [-0.25, -0.2) is 0 Å². The van der Waals surface area contributed by atoms with Crippen molar-refractivity contribution in [3.05, 3.63) is 36.5 Å². The van der Waals surface area contributed by atoms with E-state index < -0.39 is 12.1 Å². The van der Waals surface area contributed by atoms with Gasteiger partial charge in [-0.2, -0.15) is 0 Å². The molecular formula is C66H125NO5. The number of nitrogens with one attached hydrogen (secondary N) is 1. The summed E-state index contributed by atoms with van der Waals surface area (Å²) in [6.07, 6.45) is 77.3. The number of esters is 1. The van der Waals surface area contributed by atoms with Gasteiger partial charge in [-0.15, -0.1) is 0 Å². The van der Waals surface area contributed by atoms with Crippen LogP contribution in [0, 0.1) is 0 Å². The van der Waals surface area contributed by atoms with E-state index >= 15 is 0 Å². The SMILES string of the molecule is CCCCC/C=C\C/C=C\CCCCCCCC(=O)OCCCCCCCCCCCCCC/C=C\CCCCCCCCCCCCC(=O)NC(CO)C(O)CCCCCCCCCCCCCCCC. The fourth-order valence-corrected chi connectivity index (χ4v) is 9.96. The van der Waals surface area contributed by atoms with Crippen molar-refractivity contribution in [1.82, 2.24) is 5.32 Å². The van der Waals surface area contributed by atoms with Crippen LogP contribution in [0.5, 0.6) is 0 Å². The Morgan fingerprint density at radius 3 is 1.10 bits per heavy atom. The van der Waals surface area contributed by atoms with Gasteiger partial charge in [-0.05, 0) is 83.5 Å². The average Bonchev–Trinajstić information content (AvgIpc) is 3.38. The molecule has 0 aliphatic rings. The van der Waals surface area contributed by atoms with Crippen LogP contribution in [0.15, 0.2) is 36.5 Å². The molecule has 0 saturated heterocycles. The minimum Gasteiger partial charge on any atom is -0.466 e. The summed E-state index contributed by atoms with van der Waals surface area (Å²) in [6, 6.07) is -0.543. The van der Waals surface area contributed by atoms with Crippen LogP contribution < -0.4 is 5.32 Å². The lowest BCUT2D eigenvalue weighted by Gasteiger charge is -2.22. The van der Waals surface area contributed by atoms with Crippen molar-refractivity contribution >= 4 is 11.9 Å². The van der Waals surface area contributed by atoms with Crippen LogP contribution in [-0.4, -0.2) is 47.4 Å². The first-order valence-corrected chi connectivity index (χ1v) is 32.2. The second-order valence-electron chi connectivity index (χ2n) is 22.1. The lowest BCUT2D eigenvalue weighted by molar-refractivity contribution is -0.143. The third kappa shape index (κ3) is 57.4. The molecule has 0 aromatic carbocycles. The van der Waals surface area contributed by atoms with Crippen LogP contribution in [0.4, 0.5) is 0 Å². The molecule has 0 bridgehead atoms. The molecule has 1 amide bonds. The fraction of sp³-hybridized carbons (Fsp3) is 0.879. The highest BCUT2D eigenvalue weighted by Gasteiger charge is 2.20. The van der Waals surface area contributed by atoms with E-state index in [1.165, 1.54) is 263 Å². The standard InChI is InChI=1S/C66H125NO5/c1-3-5-7-9-11-13-15-17-31-36-40-44-48-52-56-60-66(71)72-61-57-53-49-45-41-37-33-30-28-26-24-22-20-19-21-23-25-27-29-32-35-39-43-47-51-55-59-65(70)67-63(62-68)64(69)58-54-50-46-42-38-34-18-16-14-12-10-8-6-4-2/h11,13,17,19,21,31,63-64,68-69H,3-10,12,14-16,18,20,22-30,32-62H2,1-2H3,(H,67,70)/b13-11-,21-19-,31-17-. The molecule has 0 fully saturated rings. The molecule has 0 aliphatic heterocycles. The summed E-state index contributed by atoms with van der Waals surface area (Å²) in [5.74, 6) is -0.0352. The van der Waals surface area contributed by atoms with Crippen molar-refractivity contribution in [2.75, 3.05) is 13.2 Å². The largest absolute Gasteiger partial charge is 0.466 e. The number of ether oxygens (including phenoxy) is 1. The van der Waals surface area contributed by atoms with Crippen molar-refractivity contribution in [2.45, 2.75) is 360 Å². The first kappa shape index (κ1) is 70.1. The zero-order valence-corrected chi connectivity index (χ0v) is 48.4. The third-order valence-electron chi connectivity index (χ3n) is 14.9. The maximum absolute atomic E-state index is 12.5. The molecule has 2 atom stereocenters. The quantitative estimate of drug-likeness (QED) is 0.0320. The predicted octanol–water partition coefficient (Wildman–Crippen LogP) is 20.4. The first-order chi connectivity index (χ1) is 35.5. The molecule has 0 radical (unpaired) electrons. The number of allylic oxidation sites excluding steroid dienone is 6. The Bertz CT molecular complexity index is 1170. The number of carbonyl (C=O) groups is 2. The number of amides is 1. The van der Waals surface area contributed by atoms with E-state index in [0.717, 1.165) is 51.4 Å². The van der Waals surface area contributed by atoms with Gasteiger partial charge in [-0.3, -0.25) is 9.59 Å². The van der Waals surface area contributed by atoms with E-state index in [1.807, 2.05) is 0 Å². The Morgan fingerprint density at radius 2 is 0.694 bits per heavy atom. The summed E-state index contributed by atoms with van der Waals surface area (Å²) in [4.78, 5) is 24.5.